The molecule has 2 aromatic carbocycles. The summed E-state index contributed by atoms with van der Waals surface area (Å²) in [5.41, 5.74) is 0.940. The van der Waals surface area contributed by atoms with Gasteiger partial charge in [0, 0.05) is 5.69 Å². The van der Waals surface area contributed by atoms with Crippen LogP contribution in [0.15, 0.2) is 54.9 Å². The average Bonchev–Trinajstić information content (AvgIpc) is 3.09. The number of rotatable bonds is 4. The highest BCUT2D eigenvalue weighted by atomic mass is 19.4. The minimum atomic E-state index is -4.39. The standard InChI is InChI=1S/C16H12F3N5O/c17-16(18,19)12-6-4-11(5-7-12)8-15(25)21-13-2-1-3-14(9-13)24-10-20-22-23-24/h1-7,9-10H,8H2,(H,21,25). The van der Waals surface area contributed by atoms with Crippen molar-refractivity contribution < 1.29 is 18.0 Å². The molecule has 1 aromatic heterocycles. The van der Waals surface area contributed by atoms with Gasteiger partial charge < -0.3 is 5.32 Å². The maximum absolute atomic E-state index is 12.5. The number of carbonyl (C=O) groups is 1. The quantitative estimate of drug-likeness (QED) is 0.788. The summed E-state index contributed by atoms with van der Waals surface area (Å²) in [7, 11) is 0. The number of alkyl halides is 3. The molecule has 3 rings (SSSR count). The van der Waals surface area contributed by atoms with Crippen molar-refractivity contribution in [1.82, 2.24) is 20.2 Å². The van der Waals surface area contributed by atoms with Crippen molar-refractivity contribution in [1.29, 1.82) is 0 Å². The van der Waals surface area contributed by atoms with Gasteiger partial charge in [-0.1, -0.05) is 18.2 Å². The molecule has 0 saturated heterocycles. The molecule has 9 heteroatoms. The summed E-state index contributed by atoms with van der Waals surface area (Å²) in [4.78, 5) is 12.1. The van der Waals surface area contributed by atoms with Crippen molar-refractivity contribution >= 4 is 11.6 Å². The second-order valence-corrected chi connectivity index (χ2v) is 5.22. The largest absolute Gasteiger partial charge is 0.416 e. The van der Waals surface area contributed by atoms with Gasteiger partial charge in [0.1, 0.15) is 6.33 Å². The van der Waals surface area contributed by atoms with E-state index >= 15 is 0 Å². The average molecular weight is 347 g/mol. The van der Waals surface area contributed by atoms with Crippen LogP contribution in [0.4, 0.5) is 18.9 Å². The minimum absolute atomic E-state index is 0.0345. The number of anilines is 1. The molecule has 0 unspecified atom stereocenters. The Kier molecular flexibility index (Phi) is 4.46. The number of benzene rings is 2. The highest BCUT2D eigenvalue weighted by molar-refractivity contribution is 5.92. The molecule has 0 radical (unpaired) electrons. The highest BCUT2D eigenvalue weighted by Crippen LogP contribution is 2.29. The Morgan fingerprint density at radius 3 is 2.52 bits per heavy atom. The molecular formula is C16H12F3N5O. The summed E-state index contributed by atoms with van der Waals surface area (Å²) >= 11 is 0. The van der Waals surface area contributed by atoms with Gasteiger partial charge in [-0.15, -0.1) is 5.10 Å². The Labute approximate surface area is 140 Å². The van der Waals surface area contributed by atoms with Crippen molar-refractivity contribution in [3.8, 4) is 5.69 Å². The van der Waals surface area contributed by atoms with E-state index in [4.69, 9.17) is 0 Å². The molecule has 3 aromatic rings. The molecular weight excluding hydrogens is 335 g/mol. The SMILES string of the molecule is O=C(Cc1ccc(C(F)(F)F)cc1)Nc1cccc(-n2cnnn2)c1. The molecule has 0 aliphatic rings. The lowest BCUT2D eigenvalue weighted by atomic mass is 10.1. The number of aromatic nitrogens is 4. The first-order valence-corrected chi connectivity index (χ1v) is 7.21. The smallest absolute Gasteiger partial charge is 0.326 e. The first kappa shape index (κ1) is 16.6. The lowest BCUT2D eigenvalue weighted by Gasteiger charge is -2.09. The number of carbonyl (C=O) groups excluding carboxylic acids is 1. The third kappa shape index (κ3) is 4.19. The number of nitrogens with zero attached hydrogens (tertiary/aromatic N) is 4. The maximum Gasteiger partial charge on any atom is 0.416 e. The molecule has 0 bridgehead atoms. The van der Waals surface area contributed by atoms with Crippen LogP contribution in [0.25, 0.3) is 5.69 Å². The van der Waals surface area contributed by atoms with Gasteiger partial charge in [-0.2, -0.15) is 13.2 Å². The van der Waals surface area contributed by atoms with Crippen LogP contribution in [-0.2, 0) is 17.4 Å². The fourth-order valence-corrected chi connectivity index (χ4v) is 2.21. The summed E-state index contributed by atoms with van der Waals surface area (Å²) in [6, 6.07) is 11.4. The summed E-state index contributed by atoms with van der Waals surface area (Å²) in [5, 5.41) is 13.5. The molecule has 1 amide bonds. The zero-order chi connectivity index (χ0) is 17.9. The molecule has 0 aliphatic carbocycles. The van der Waals surface area contributed by atoms with Gasteiger partial charge in [0.05, 0.1) is 17.7 Å². The number of halogens is 3. The lowest BCUT2D eigenvalue weighted by Crippen LogP contribution is -2.15. The predicted octanol–water partition coefficient (Wildman–Crippen LogP) is 2.86. The van der Waals surface area contributed by atoms with Crippen molar-refractivity contribution in [2.24, 2.45) is 0 Å². The van der Waals surface area contributed by atoms with Crippen molar-refractivity contribution in [2.75, 3.05) is 5.32 Å². The molecule has 0 aliphatic heterocycles. The molecule has 1 heterocycles. The second kappa shape index (κ2) is 6.71. The highest BCUT2D eigenvalue weighted by Gasteiger charge is 2.29. The molecule has 0 spiro atoms. The lowest BCUT2D eigenvalue weighted by molar-refractivity contribution is -0.137. The molecule has 0 atom stereocenters. The Morgan fingerprint density at radius 2 is 1.88 bits per heavy atom. The van der Waals surface area contributed by atoms with E-state index in [9.17, 15) is 18.0 Å². The van der Waals surface area contributed by atoms with E-state index in [1.807, 2.05) is 0 Å². The summed E-state index contributed by atoms with van der Waals surface area (Å²) < 4.78 is 39.0. The maximum atomic E-state index is 12.5. The topological polar surface area (TPSA) is 72.7 Å². The van der Waals surface area contributed by atoms with Gasteiger partial charge in [-0.3, -0.25) is 4.79 Å². The zero-order valence-corrected chi connectivity index (χ0v) is 12.7. The van der Waals surface area contributed by atoms with Gasteiger partial charge in [-0.25, -0.2) is 4.68 Å². The summed E-state index contributed by atoms with van der Waals surface area (Å²) in [5.74, 6) is -0.339. The normalized spacial score (nSPS) is 11.3. The Balaban J connectivity index is 1.66. The van der Waals surface area contributed by atoms with Crippen LogP contribution >= 0.6 is 0 Å². The van der Waals surface area contributed by atoms with E-state index in [2.05, 4.69) is 20.8 Å². The third-order valence-corrected chi connectivity index (χ3v) is 3.39. The molecule has 6 nitrogen and oxygen atoms in total. The van der Waals surface area contributed by atoms with E-state index in [-0.39, 0.29) is 12.3 Å². The predicted molar refractivity (Wildman–Crippen MR) is 82.9 cm³/mol. The number of tetrazole rings is 1. The Bertz CT molecular complexity index is 860. The fraction of sp³-hybridized carbons (Fsp3) is 0.125. The van der Waals surface area contributed by atoms with Crippen LogP contribution in [0, 0.1) is 0 Å². The molecule has 1 N–H and O–H groups in total. The van der Waals surface area contributed by atoms with Crippen LogP contribution in [0.3, 0.4) is 0 Å². The number of hydrogen-bond donors (Lipinski definition) is 1. The van der Waals surface area contributed by atoms with Crippen molar-refractivity contribution in [2.45, 2.75) is 12.6 Å². The second-order valence-electron chi connectivity index (χ2n) is 5.22. The Morgan fingerprint density at radius 1 is 1.12 bits per heavy atom. The van der Waals surface area contributed by atoms with Crippen LogP contribution in [0.5, 0.6) is 0 Å². The first-order chi connectivity index (χ1) is 11.9. The van der Waals surface area contributed by atoms with Crippen LogP contribution in [0.2, 0.25) is 0 Å². The zero-order valence-electron chi connectivity index (χ0n) is 12.7. The van der Waals surface area contributed by atoms with E-state index in [1.54, 1.807) is 24.3 Å². The molecule has 0 saturated carbocycles. The minimum Gasteiger partial charge on any atom is -0.326 e. The van der Waals surface area contributed by atoms with Gasteiger partial charge in [0.15, 0.2) is 0 Å². The monoisotopic (exact) mass is 347 g/mol. The number of amides is 1. The molecule has 0 fully saturated rings. The van der Waals surface area contributed by atoms with E-state index < -0.39 is 11.7 Å². The van der Waals surface area contributed by atoms with Crippen LogP contribution in [-0.4, -0.2) is 26.1 Å². The van der Waals surface area contributed by atoms with Crippen molar-refractivity contribution in [3.05, 3.63) is 66.0 Å². The van der Waals surface area contributed by atoms with E-state index in [1.165, 1.54) is 23.1 Å². The molecule has 128 valence electrons. The Hall–Kier alpha value is -3.23. The number of hydrogen-bond acceptors (Lipinski definition) is 4. The van der Waals surface area contributed by atoms with Crippen LogP contribution in [0.1, 0.15) is 11.1 Å². The van der Waals surface area contributed by atoms with Gasteiger partial charge in [-0.05, 0) is 46.3 Å². The first-order valence-electron chi connectivity index (χ1n) is 7.21. The van der Waals surface area contributed by atoms with Gasteiger partial charge in [0.2, 0.25) is 5.91 Å². The van der Waals surface area contributed by atoms with Crippen molar-refractivity contribution in [3.63, 3.8) is 0 Å². The van der Waals surface area contributed by atoms with E-state index in [0.717, 1.165) is 12.1 Å². The summed E-state index contributed by atoms with van der Waals surface area (Å²) in [6.45, 7) is 0. The van der Waals surface area contributed by atoms with Crippen LogP contribution < -0.4 is 5.32 Å². The van der Waals surface area contributed by atoms with Gasteiger partial charge in [0.25, 0.3) is 0 Å². The fourth-order valence-electron chi connectivity index (χ4n) is 2.21. The number of nitrogens with one attached hydrogen (secondary N) is 1. The summed E-state index contributed by atoms with van der Waals surface area (Å²) in [6.07, 6.45) is -3.01. The molecule has 25 heavy (non-hydrogen) atoms. The van der Waals surface area contributed by atoms with E-state index in [0.29, 0.717) is 16.9 Å². The van der Waals surface area contributed by atoms with Gasteiger partial charge >= 0.3 is 6.18 Å². The third-order valence-electron chi connectivity index (χ3n) is 3.39.